The van der Waals surface area contributed by atoms with Crippen LogP contribution >= 0.6 is 0 Å². The molecule has 2 N–H and O–H groups in total. The molecule has 1 heterocycles. The second-order valence-corrected chi connectivity index (χ2v) is 6.95. The zero-order valence-corrected chi connectivity index (χ0v) is 12.7. The van der Waals surface area contributed by atoms with E-state index in [0.29, 0.717) is 5.92 Å². The summed E-state index contributed by atoms with van der Waals surface area (Å²) in [6.07, 6.45) is 3.21. The second kappa shape index (κ2) is 6.85. The quantitative estimate of drug-likeness (QED) is 0.748. The first kappa shape index (κ1) is 16.6. The van der Waals surface area contributed by atoms with Gasteiger partial charge >= 0.3 is 5.97 Å². The molecule has 114 valence electrons. The average Bonchev–Trinajstić information content (AvgIpc) is 2.73. The van der Waals surface area contributed by atoms with Crippen molar-refractivity contribution in [2.24, 2.45) is 5.92 Å². The molecular formula is C12H21N3O4S. The van der Waals surface area contributed by atoms with Gasteiger partial charge in [0.1, 0.15) is 4.90 Å². The van der Waals surface area contributed by atoms with Crippen molar-refractivity contribution in [3.8, 4) is 0 Å². The molecule has 1 atom stereocenters. The Bertz CT molecular complexity index is 551. The molecule has 0 aliphatic heterocycles. The Morgan fingerprint density at radius 2 is 2.10 bits per heavy atom. The molecule has 0 aliphatic rings. The van der Waals surface area contributed by atoms with Gasteiger partial charge in [0.05, 0.1) is 19.2 Å². The van der Waals surface area contributed by atoms with Gasteiger partial charge in [-0.3, -0.25) is 9.48 Å². The van der Waals surface area contributed by atoms with E-state index in [1.165, 1.54) is 17.1 Å². The third kappa shape index (κ3) is 5.30. The molecule has 8 heteroatoms. The van der Waals surface area contributed by atoms with E-state index in [1.807, 2.05) is 20.8 Å². The molecule has 0 saturated heterocycles. The zero-order chi connectivity index (χ0) is 15.3. The number of nitrogens with one attached hydrogen (secondary N) is 1. The molecule has 0 bridgehead atoms. The second-order valence-electron chi connectivity index (χ2n) is 5.23. The van der Waals surface area contributed by atoms with Crippen molar-refractivity contribution in [1.29, 1.82) is 0 Å². The highest BCUT2D eigenvalue weighted by molar-refractivity contribution is 7.89. The maximum Gasteiger partial charge on any atom is 0.305 e. The van der Waals surface area contributed by atoms with Crippen LogP contribution in [0.25, 0.3) is 0 Å². The Kier molecular flexibility index (Phi) is 5.70. The summed E-state index contributed by atoms with van der Waals surface area (Å²) in [7, 11) is -3.60. The Morgan fingerprint density at radius 3 is 2.65 bits per heavy atom. The fourth-order valence-corrected chi connectivity index (χ4v) is 3.11. The van der Waals surface area contributed by atoms with Crippen LogP contribution in [-0.4, -0.2) is 35.3 Å². The third-order valence-corrected chi connectivity index (χ3v) is 4.20. The number of carboxylic acid groups (broad SMARTS) is 1. The number of aryl methyl sites for hydroxylation is 1. The summed E-state index contributed by atoms with van der Waals surface area (Å²) >= 11 is 0. The van der Waals surface area contributed by atoms with E-state index >= 15 is 0 Å². The molecule has 1 rings (SSSR count). The van der Waals surface area contributed by atoms with Gasteiger partial charge in [0.2, 0.25) is 10.0 Å². The smallest absolute Gasteiger partial charge is 0.305 e. The van der Waals surface area contributed by atoms with Crippen LogP contribution in [0.2, 0.25) is 0 Å². The number of carbonyl (C=O) groups is 1. The maximum atomic E-state index is 12.1. The molecule has 1 unspecified atom stereocenters. The highest BCUT2D eigenvalue weighted by Gasteiger charge is 2.19. The summed E-state index contributed by atoms with van der Waals surface area (Å²) in [5, 5.41) is 12.4. The Hall–Kier alpha value is -1.41. The van der Waals surface area contributed by atoms with Crippen LogP contribution < -0.4 is 4.72 Å². The van der Waals surface area contributed by atoms with Crippen molar-refractivity contribution in [1.82, 2.24) is 14.5 Å². The van der Waals surface area contributed by atoms with E-state index in [9.17, 15) is 13.2 Å². The number of aromatic nitrogens is 2. The predicted molar refractivity (Wildman–Crippen MR) is 73.7 cm³/mol. The van der Waals surface area contributed by atoms with Crippen molar-refractivity contribution in [3.05, 3.63) is 12.4 Å². The SMILES string of the molecule is CC(C)CC(C)NS(=O)(=O)c1cnn(CCC(=O)O)c1. The van der Waals surface area contributed by atoms with Gasteiger partial charge in [0.15, 0.2) is 0 Å². The number of rotatable bonds is 8. The van der Waals surface area contributed by atoms with Gasteiger partial charge in [-0.15, -0.1) is 0 Å². The highest BCUT2D eigenvalue weighted by Crippen LogP contribution is 2.11. The van der Waals surface area contributed by atoms with Crippen molar-refractivity contribution in [3.63, 3.8) is 0 Å². The molecular weight excluding hydrogens is 282 g/mol. The Labute approximate surface area is 119 Å². The molecule has 0 saturated carbocycles. The molecule has 20 heavy (non-hydrogen) atoms. The standard InChI is InChI=1S/C12H21N3O4S/c1-9(2)6-10(3)14-20(18,19)11-7-13-15(8-11)5-4-12(16)17/h7-10,14H,4-6H2,1-3H3,(H,16,17). The molecule has 0 amide bonds. The van der Waals surface area contributed by atoms with Crippen LogP contribution in [-0.2, 0) is 21.4 Å². The lowest BCUT2D eigenvalue weighted by Gasteiger charge is -2.15. The minimum absolute atomic E-state index is 0.0542. The number of carboxylic acids is 1. The first-order valence-electron chi connectivity index (χ1n) is 6.47. The summed E-state index contributed by atoms with van der Waals surface area (Å²) in [6, 6.07) is -0.164. The fourth-order valence-electron chi connectivity index (χ4n) is 1.90. The summed E-state index contributed by atoms with van der Waals surface area (Å²) in [6.45, 7) is 6.00. The van der Waals surface area contributed by atoms with Crippen LogP contribution in [0.5, 0.6) is 0 Å². The molecule has 0 radical (unpaired) electrons. The maximum absolute atomic E-state index is 12.1. The Morgan fingerprint density at radius 1 is 1.45 bits per heavy atom. The molecule has 0 fully saturated rings. The minimum atomic E-state index is -3.60. The topological polar surface area (TPSA) is 101 Å². The fraction of sp³-hybridized carbons (Fsp3) is 0.667. The summed E-state index contributed by atoms with van der Waals surface area (Å²) in [5.74, 6) is -0.556. The summed E-state index contributed by atoms with van der Waals surface area (Å²) in [4.78, 5) is 10.5. The molecule has 7 nitrogen and oxygen atoms in total. The lowest BCUT2D eigenvalue weighted by atomic mass is 10.1. The summed E-state index contributed by atoms with van der Waals surface area (Å²) < 4.78 is 28.1. The lowest BCUT2D eigenvalue weighted by Crippen LogP contribution is -2.33. The van der Waals surface area contributed by atoms with E-state index in [4.69, 9.17) is 5.11 Å². The largest absolute Gasteiger partial charge is 0.481 e. The van der Waals surface area contributed by atoms with Crippen molar-refractivity contribution < 1.29 is 18.3 Å². The highest BCUT2D eigenvalue weighted by atomic mass is 32.2. The number of sulfonamides is 1. The molecule has 0 aliphatic carbocycles. The van der Waals surface area contributed by atoms with E-state index in [0.717, 1.165) is 6.42 Å². The Balaban J connectivity index is 2.70. The van der Waals surface area contributed by atoms with Gasteiger partial charge in [-0.1, -0.05) is 13.8 Å². The van der Waals surface area contributed by atoms with Gasteiger partial charge in [0, 0.05) is 12.2 Å². The van der Waals surface area contributed by atoms with E-state index in [-0.39, 0.29) is 23.9 Å². The predicted octanol–water partition coefficient (Wildman–Crippen LogP) is 1.07. The van der Waals surface area contributed by atoms with Crippen LogP contribution in [0.15, 0.2) is 17.3 Å². The molecule has 1 aromatic heterocycles. The number of nitrogens with zero attached hydrogens (tertiary/aromatic N) is 2. The molecule has 0 aromatic carbocycles. The van der Waals surface area contributed by atoms with Crippen LogP contribution in [0, 0.1) is 5.92 Å². The number of hydrogen-bond donors (Lipinski definition) is 2. The van der Waals surface area contributed by atoms with Gasteiger partial charge in [-0.2, -0.15) is 5.10 Å². The summed E-state index contributed by atoms with van der Waals surface area (Å²) in [5.41, 5.74) is 0. The monoisotopic (exact) mass is 303 g/mol. The van der Waals surface area contributed by atoms with Crippen LogP contribution in [0.1, 0.15) is 33.6 Å². The zero-order valence-electron chi connectivity index (χ0n) is 11.9. The van der Waals surface area contributed by atoms with Crippen molar-refractivity contribution in [2.45, 2.75) is 51.1 Å². The van der Waals surface area contributed by atoms with Crippen molar-refractivity contribution in [2.75, 3.05) is 0 Å². The molecule has 1 aromatic rings. The number of hydrogen-bond acceptors (Lipinski definition) is 4. The van der Waals surface area contributed by atoms with Gasteiger partial charge in [-0.25, -0.2) is 13.1 Å². The lowest BCUT2D eigenvalue weighted by molar-refractivity contribution is -0.137. The third-order valence-electron chi connectivity index (χ3n) is 2.66. The minimum Gasteiger partial charge on any atom is -0.481 e. The normalized spacial score (nSPS) is 13.6. The average molecular weight is 303 g/mol. The van der Waals surface area contributed by atoms with Crippen LogP contribution in [0.3, 0.4) is 0 Å². The van der Waals surface area contributed by atoms with Gasteiger partial charge < -0.3 is 5.11 Å². The molecule has 0 spiro atoms. The first-order chi connectivity index (χ1) is 9.20. The van der Waals surface area contributed by atoms with E-state index in [2.05, 4.69) is 9.82 Å². The number of aliphatic carboxylic acids is 1. The first-order valence-corrected chi connectivity index (χ1v) is 7.95. The van der Waals surface area contributed by atoms with Gasteiger partial charge in [0.25, 0.3) is 0 Å². The van der Waals surface area contributed by atoms with Crippen molar-refractivity contribution >= 4 is 16.0 Å². The van der Waals surface area contributed by atoms with E-state index < -0.39 is 16.0 Å². The van der Waals surface area contributed by atoms with E-state index in [1.54, 1.807) is 0 Å². The van der Waals surface area contributed by atoms with Gasteiger partial charge in [-0.05, 0) is 19.3 Å². The van der Waals surface area contributed by atoms with Crippen LogP contribution in [0.4, 0.5) is 0 Å².